The van der Waals surface area contributed by atoms with Gasteiger partial charge >= 0.3 is 0 Å². The van der Waals surface area contributed by atoms with Gasteiger partial charge in [0.1, 0.15) is 11.6 Å². The molecule has 0 aliphatic rings. The molecule has 1 heterocycles. The summed E-state index contributed by atoms with van der Waals surface area (Å²) in [4.78, 5) is 12.4. The van der Waals surface area contributed by atoms with Crippen LogP contribution in [0, 0.1) is 18.3 Å². The second-order valence-electron chi connectivity index (χ2n) is 5.45. The second kappa shape index (κ2) is 7.72. The molecule has 8 heteroatoms. The Hall–Kier alpha value is -3.99. The minimum absolute atomic E-state index is 0.188. The molecule has 26 heavy (non-hydrogen) atoms. The van der Waals surface area contributed by atoms with Crippen molar-refractivity contribution in [3.63, 3.8) is 0 Å². The number of nitriles is 1. The summed E-state index contributed by atoms with van der Waals surface area (Å²) in [6, 6.07) is 16.5. The monoisotopic (exact) mass is 345 g/mol. The van der Waals surface area contributed by atoms with Crippen LogP contribution in [0.15, 0.2) is 54.7 Å². The summed E-state index contributed by atoms with van der Waals surface area (Å²) in [5.41, 5.74) is 3.20. The zero-order valence-corrected chi connectivity index (χ0v) is 13.9. The highest BCUT2D eigenvalue weighted by atomic mass is 16.1. The third-order valence-electron chi connectivity index (χ3n) is 3.52. The Labute approximate surface area is 149 Å². The Balaban J connectivity index is 1.72. The number of hydrogen-bond donors (Lipinski definition) is 3. The van der Waals surface area contributed by atoms with Crippen LogP contribution in [0.1, 0.15) is 21.7 Å². The molecule has 0 radical (unpaired) electrons. The maximum absolute atomic E-state index is 12.4. The topological polar surface area (TPSA) is 119 Å². The molecule has 3 N–H and O–H groups in total. The van der Waals surface area contributed by atoms with E-state index in [1.54, 1.807) is 24.3 Å². The Morgan fingerprint density at radius 2 is 2.00 bits per heavy atom. The maximum atomic E-state index is 12.4. The number of amides is 1. The number of H-pyrrole nitrogens is 1. The third kappa shape index (κ3) is 4.10. The largest absolute Gasteiger partial charge is 0.360 e. The number of aromatic amines is 1. The zero-order valence-electron chi connectivity index (χ0n) is 13.9. The molecule has 3 rings (SSSR count). The lowest BCUT2D eigenvalue weighted by atomic mass is 10.1. The van der Waals surface area contributed by atoms with Gasteiger partial charge in [0.25, 0.3) is 5.91 Å². The van der Waals surface area contributed by atoms with Gasteiger partial charge in [-0.05, 0) is 42.5 Å². The number of aryl methyl sites for hydroxylation is 1. The van der Waals surface area contributed by atoms with E-state index in [0.717, 1.165) is 11.3 Å². The first kappa shape index (κ1) is 16.9. The number of tetrazole rings is 1. The lowest BCUT2D eigenvalue weighted by Crippen LogP contribution is -2.12. The number of nitrogens with one attached hydrogen (secondary N) is 3. The molecule has 0 fully saturated rings. The average molecular weight is 345 g/mol. The molecule has 0 bridgehead atoms. The van der Waals surface area contributed by atoms with Gasteiger partial charge in [-0.25, -0.2) is 0 Å². The van der Waals surface area contributed by atoms with Crippen molar-refractivity contribution in [2.75, 3.05) is 10.6 Å². The van der Waals surface area contributed by atoms with Crippen LogP contribution in [0.3, 0.4) is 0 Å². The lowest BCUT2D eigenvalue weighted by molar-refractivity contribution is 0.102. The van der Waals surface area contributed by atoms with Crippen LogP contribution in [0.25, 0.3) is 5.57 Å². The van der Waals surface area contributed by atoms with Crippen molar-refractivity contribution < 1.29 is 4.79 Å². The minimum atomic E-state index is -0.222. The van der Waals surface area contributed by atoms with E-state index < -0.39 is 0 Å². The number of aromatic nitrogens is 4. The molecule has 1 aromatic heterocycles. The summed E-state index contributed by atoms with van der Waals surface area (Å²) in [5.74, 6) is -0.0339. The Bertz CT molecular complexity index is 970. The molecular weight excluding hydrogens is 330 g/mol. The number of nitrogens with zero attached hydrogens (tertiary/aromatic N) is 4. The molecule has 0 aliphatic heterocycles. The quantitative estimate of drug-likeness (QED) is 0.612. The van der Waals surface area contributed by atoms with Crippen LogP contribution >= 0.6 is 0 Å². The van der Waals surface area contributed by atoms with Crippen LogP contribution in [0.2, 0.25) is 0 Å². The van der Waals surface area contributed by atoms with Gasteiger partial charge in [-0.15, -0.1) is 10.2 Å². The van der Waals surface area contributed by atoms with E-state index in [-0.39, 0.29) is 17.3 Å². The SMILES string of the molecule is Cc1ccc(NC(=O)c2cccc(NC=C(C#N)c3nn[nH]n3)c2)cc1. The van der Waals surface area contributed by atoms with Crippen molar-refractivity contribution in [3.8, 4) is 6.07 Å². The molecule has 0 saturated heterocycles. The highest BCUT2D eigenvalue weighted by Gasteiger charge is 2.08. The molecule has 0 unspecified atom stereocenters. The first-order valence-electron chi connectivity index (χ1n) is 7.74. The van der Waals surface area contributed by atoms with Crippen molar-refractivity contribution in [1.82, 2.24) is 20.6 Å². The van der Waals surface area contributed by atoms with E-state index >= 15 is 0 Å². The number of rotatable bonds is 5. The molecular formula is C18H15N7O. The minimum Gasteiger partial charge on any atom is -0.360 e. The molecule has 1 amide bonds. The Morgan fingerprint density at radius 3 is 2.69 bits per heavy atom. The predicted octanol–water partition coefficient (Wildman–Crippen LogP) is 2.74. The molecule has 3 aromatic rings. The summed E-state index contributed by atoms with van der Waals surface area (Å²) in [6.45, 7) is 1.98. The summed E-state index contributed by atoms with van der Waals surface area (Å²) >= 11 is 0. The number of benzene rings is 2. The maximum Gasteiger partial charge on any atom is 0.255 e. The zero-order chi connectivity index (χ0) is 18.4. The Morgan fingerprint density at radius 1 is 1.19 bits per heavy atom. The van der Waals surface area contributed by atoms with Crippen molar-refractivity contribution >= 4 is 22.9 Å². The lowest BCUT2D eigenvalue weighted by Gasteiger charge is -2.07. The molecule has 0 atom stereocenters. The van der Waals surface area contributed by atoms with Crippen LogP contribution < -0.4 is 10.6 Å². The van der Waals surface area contributed by atoms with Gasteiger partial charge in [-0.3, -0.25) is 4.79 Å². The number of carbonyl (C=O) groups excluding carboxylic acids is 1. The molecule has 8 nitrogen and oxygen atoms in total. The van der Waals surface area contributed by atoms with E-state index in [4.69, 9.17) is 5.26 Å². The molecule has 0 spiro atoms. The van der Waals surface area contributed by atoms with Gasteiger partial charge in [-0.1, -0.05) is 23.8 Å². The first-order valence-corrected chi connectivity index (χ1v) is 7.74. The average Bonchev–Trinajstić information content (AvgIpc) is 3.19. The standard InChI is InChI=1S/C18H15N7O/c1-12-5-7-15(8-6-12)21-18(26)13-3-2-4-16(9-13)20-11-14(10-19)17-22-24-25-23-17/h2-9,11,20H,1H3,(H,21,26)(H,22,23,24,25). The number of anilines is 2. The van der Waals surface area contributed by atoms with E-state index in [1.807, 2.05) is 37.3 Å². The summed E-state index contributed by atoms with van der Waals surface area (Å²) in [7, 11) is 0. The molecule has 0 aliphatic carbocycles. The molecule has 0 saturated carbocycles. The smallest absolute Gasteiger partial charge is 0.255 e. The van der Waals surface area contributed by atoms with Crippen molar-refractivity contribution in [1.29, 1.82) is 5.26 Å². The fourth-order valence-electron chi connectivity index (χ4n) is 2.17. The number of carbonyl (C=O) groups is 1. The van der Waals surface area contributed by atoms with Crippen molar-refractivity contribution in [2.45, 2.75) is 6.92 Å². The van der Waals surface area contributed by atoms with E-state index in [1.165, 1.54) is 6.20 Å². The van der Waals surface area contributed by atoms with Crippen LogP contribution in [0.5, 0.6) is 0 Å². The number of hydrogen-bond acceptors (Lipinski definition) is 6. The van der Waals surface area contributed by atoms with Crippen molar-refractivity contribution in [2.24, 2.45) is 0 Å². The van der Waals surface area contributed by atoms with Gasteiger partial charge in [0.15, 0.2) is 0 Å². The van der Waals surface area contributed by atoms with Gasteiger partial charge in [-0.2, -0.15) is 10.5 Å². The molecule has 128 valence electrons. The highest BCUT2D eigenvalue weighted by molar-refractivity contribution is 6.04. The van der Waals surface area contributed by atoms with Crippen LogP contribution in [0.4, 0.5) is 11.4 Å². The second-order valence-corrected chi connectivity index (χ2v) is 5.45. The summed E-state index contributed by atoms with van der Waals surface area (Å²) in [5, 5.41) is 28.2. The fraction of sp³-hybridized carbons (Fsp3) is 0.0556. The van der Waals surface area contributed by atoms with Crippen molar-refractivity contribution in [3.05, 3.63) is 71.7 Å². The normalized spacial score (nSPS) is 10.8. The van der Waals surface area contributed by atoms with Crippen LogP contribution in [-0.4, -0.2) is 26.5 Å². The van der Waals surface area contributed by atoms with E-state index in [2.05, 4.69) is 31.3 Å². The Kier molecular flexibility index (Phi) is 5.00. The predicted molar refractivity (Wildman–Crippen MR) is 97.0 cm³/mol. The van der Waals surface area contributed by atoms with Gasteiger partial charge < -0.3 is 10.6 Å². The van der Waals surface area contributed by atoms with Crippen LogP contribution in [-0.2, 0) is 0 Å². The summed E-state index contributed by atoms with van der Waals surface area (Å²) < 4.78 is 0. The first-order chi connectivity index (χ1) is 12.7. The van der Waals surface area contributed by atoms with E-state index in [0.29, 0.717) is 11.3 Å². The molecule has 2 aromatic carbocycles. The number of allylic oxidation sites excluding steroid dienone is 1. The van der Waals surface area contributed by atoms with Gasteiger partial charge in [0, 0.05) is 23.1 Å². The van der Waals surface area contributed by atoms with E-state index in [9.17, 15) is 4.79 Å². The third-order valence-corrected chi connectivity index (χ3v) is 3.52. The fourth-order valence-corrected chi connectivity index (χ4v) is 2.17. The van der Waals surface area contributed by atoms with Gasteiger partial charge in [0.05, 0.1) is 0 Å². The summed E-state index contributed by atoms with van der Waals surface area (Å²) in [6.07, 6.45) is 1.46. The van der Waals surface area contributed by atoms with Gasteiger partial charge in [0.2, 0.25) is 5.82 Å². The highest BCUT2D eigenvalue weighted by Crippen LogP contribution is 2.15.